The third-order valence-electron chi connectivity index (χ3n) is 9.61. The minimum Gasteiger partial charge on any atom is -0.380 e. The maximum Gasteiger partial charge on any atom is 0.317 e. The summed E-state index contributed by atoms with van der Waals surface area (Å²) in [7, 11) is 3.43. The highest BCUT2D eigenvalue weighted by atomic mass is 35.5. The lowest BCUT2D eigenvalue weighted by molar-refractivity contribution is -0.134. The average molecular weight is 651 g/mol. The Morgan fingerprint density at radius 3 is 2.39 bits per heavy atom. The minimum atomic E-state index is -0.977. The quantitative estimate of drug-likeness (QED) is 0.232. The topological polar surface area (TPSA) is 128 Å². The summed E-state index contributed by atoms with van der Waals surface area (Å²) in [6, 6.07) is 12.1. The molecule has 1 aliphatic heterocycles. The van der Waals surface area contributed by atoms with E-state index in [2.05, 4.69) is 27.9 Å². The Kier molecular flexibility index (Phi) is 9.44. The third kappa shape index (κ3) is 6.60. The number of benzene rings is 2. The summed E-state index contributed by atoms with van der Waals surface area (Å²) < 4.78 is 5.82. The predicted octanol–water partition coefficient (Wildman–Crippen LogP) is 5.44. The number of hydrogen-bond acceptors (Lipinski definition) is 5. The van der Waals surface area contributed by atoms with Gasteiger partial charge in [0.15, 0.2) is 0 Å². The number of halogens is 1. The first kappa shape index (κ1) is 33.7. The molecule has 1 aromatic heterocycles. The van der Waals surface area contributed by atoms with Crippen LogP contribution in [0.3, 0.4) is 0 Å². The van der Waals surface area contributed by atoms with Crippen LogP contribution in [0.25, 0.3) is 11.0 Å². The Labute approximate surface area is 276 Å². The summed E-state index contributed by atoms with van der Waals surface area (Å²) in [6.45, 7) is 11.0. The molecule has 1 aliphatic carbocycles. The van der Waals surface area contributed by atoms with E-state index in [0.717, 1.165) is 29.5 Å². The monoisotopic (exact) mass is 650 g/mol. The molecule has 4 atom stereocenters. The van der Waals surface area contributed by atoms with Crippen LogP contribution in [0.4, 0.5) is 4.79 Å². The largest absolute Gasteiger partial charge is 0.380 e. The first-order chi connectivity index (χ1) is 21.7. The van der Waals surface area contributed by atoms with Crippen molar-refractivity contribution in [3.63, 3.8) is 0 Å². The number of H-pyrrole nitrogens is 1. The molecule has 10 nitrogen and oxygen atoms in total. The van der Waals surface area contributed by atoms with E-state index >= 15 is 0 Å². The second-order valence-electron chi connectivity index (χ2n) is 14.4. The van der Waals surface area contributed by atoms with Crippen molar-refractivity contribution in [2.24, 2.45) is 10.8 Å². The number of amides is 4. The van der Waals surface area contributed by atoms with Crippen molar-refractivity contribution < 1.29 is 19.1 Å². The average Bonchev–Trinajstić information content (AvgIpc) is 3.37. The molecule has 1 saturated carbocycles. The van der Waals surface area contributed by atoms with E-state index in [1.807, 2.05) is 70.2 Å². The number of urea groups is 1. The lowest BCUT2D eigenvalue weighted by Gasteiger charge is -2.34. The summed E-state index contributed by atoms with van der Waals surface area (Å²) >= 11 is 6.77. The zero-order chi connectivity index (χ0) is 33.4. The van der Waals surface area contributed by atoms with Gasteiger partial charge < -0.3 is 30.6 Å². The smallest absolute Gasteiger partial charge is 0.317 e. The van der Waals surface area contributed by atoms with Crippen molar-refractivity contribution in [1.29, 1.82) is 0 Å². The van der Waals surface area contributed by atoms with E-state index in [1.54, 1.807) is 14.1 Å². The molecule has 4 amide bonds. The van der Waals surface area contributed by atoms with Crippen molar-refractivity contribution in [2.75, 3.05) is 33.9 Å². The highest BCUT2D eigenvalue weighted by molar-refractivity contribution is 6.31. The molecule has 2 aliphatic rings. The zero-order valence-corrected chi connectivity index (χ0v) is 28.7. The molecule has 0 spiro atoms. The standard InChI is InChI=1S/C35H47ClN6O4/c1-8-37-30(43)28(33(2,3)4)41-31(44)35(17-18-46-20-35)21-13-14-24-25(19-21)39-29(38-24)27(40-32(45)42(6)7)26(34(5)15-16-34)22-11-9-10-12-23(22)36/h9-14,19,26-28H,8,15-18,20H2,1-7H3,(H,37,43)(H,38,39)(H,40,45)(H,41,44)/t26-,27-,28-,35?/m0/s1. The summed E-state index contributed by atoms with van der Waals surface area (Å²) in [4.78, 5) is 50.2. The highest BCUT2D eigenvalue weighted by Gasteiger charge is 2.51. The summed E-state index contributed by atoms with van der Waals surface area (Å²) in [5.41, 5.74) is 1.65. The van der Waals surface area contributed by atoms with Gasteiger partial charge in [0, 0.05) is 38.2 Å². The molecule has 3 aromatic rings. The van der Waals surface area contributed by atoms with Gasteiger partial charge in [0.1, 0.15) is 11.9 Å². The molecule has 0 radical (unpaired) electrons. The fourth-order valence-electron chi connectivity index (χ4n) is 6.56. The molecule has 0 bridgehead atoms. The maximum atomic E-state index is 14.1. The van der Waals surface area contributed by atoms with E-state index in [1.165, 1.54) is 4.90 Å². The van der Waals surface area contributed by atoms with Gasteiger partial charge in [0.05, 0.1) is 29.1 Å². The number of nitrogens with one attached hydrogen (secondary N) is 4. The van der Waals surface area contributed by atoms with E-state index in [0.29, 0.717) is 35.9 Å². The normalized spacial score (nSPS) is 20.9. The van der Waals surface area contributed by atoms with Crippen LogP contribution in [0, 0.1) is 10.8 Å². The van der Waals surface area contributed by atoms with Gasteiger partial charge in [-0.15, -0.1) is 0 Å². The molecule has 1 saturated heterocycles. The van der Waals surface area contributed by atoms with Gasteiger partial charge in [-0.1, -0.05) is 63.6 Å². The minimum absolute atomic E-state index is 0.0730. The number of nitrogens with zero attached hydrogens (tertiary/aromatic N) is 2. The Balaban J connectivity index is 1.55. The summed E-state index contributed by atoms with van der Waals surface area (Å²) in [6.07, 6.45) is 2.49. The van der Waals surface area contributed by atoms with Gasteiger partial charge in [-0.25, -0.2) is 9.78 Å². The molecular weight excluding hydrogens is 604 g/mol. The summed E-state index contributed by atoms with van der Waals surface area (Å²) in [5.74, 6) is 0.0286. The number of hydrogen-bond donors (Lipinski definition) is 4. The SMILES string of the molecule is CCNC(=O)[C@H](NC(=O)C1(c2ccc3nc([C@@H](NC(=O)N(C)C)[C@H](c4ccccc4Cl)C4(C)CC4)[nH]c3c2)CCOC1)C(C)(C)C. The van der Waals surface area contributed by atoms with Crippen LogP contribution < -0.4 is 16.0 Å². The molecule has 2 aromatic carbocycles. The van der Waals surface area contributed by atoms with Gasteiger partial charge >= 0.3 is 6.03 Å². The first-order valence-electron chi connectivity index (χ1n) is 16.1. The van der Waals surface area contributed by atoms with Gasteiger partial charge in [-0.3, -0.25) is 9.59 Å². The second kappa shape index (κ2) is 12.9. The number of likely N-dealkylation sites (N-methyl/N-ethyl adjacent to an activating group) is 1. The van der Waals surface area contributed by atoms with Gasteiger partial charge in [-0.05, 0) is 66.3 Å². The van der Waals surface area contributed by atoms with Crippen molar-refractivity contribution in [2.45, 2.75) is 77.3 Å². The van der Waals surface area contributed by atoms with E-state index in [-0.39, 0.29) is 35.8 Å². The van der Waals surface area contributed by atoms with Gasteiger partial charge in [0.2, 0.25) is 11.8 Å². The van der Waals surface area contributed by atoms with Crippen molar-refractivity contribution in [1.82, 2.24) is 30.8 Å². The first-order valence-corrected chi connectivity index (χ1v) is 16.5. The lowest BCUT2D eigenvalue weighted by Crippen LogP contribution is -2.58. The number of aromatic amines is 1. The number of rotatable bonds is 10. The fourth-order valence-corrected chi connectivity index (χ4v) is 6.82. The van der Waals surface area contributed by atoms with E-state index < -0.39 is 22.9 Å². The van der Waals surface area contributed by atoms with Crippen LogP contribution in [0.15, 0.2) is 42.5 Å². The Morgan fingerprint density at radius 2 is 1.80 bits per heavy atom. The third-order valence-corrected chi connectivity index (χ3v) is 9.95. The number of ether oxygens (including phenoxy) is 1. The van der Waals surface area contributed by atoms with Crippen LogP contribution >= 0.6 is 11.6 Å². The molecule has 248 valence electrons. The van der Waals surface area contributed by atoms with Crippen LogP contribution in [0.2, 0.25) is 5.02 Å². The molecule has 5 rings (SSSR count). The molecule has 2 fully saturated rings. The Bertz CT molecular complexity index is 1600. The predicted molar refractivity (Wildman–Crippen MR) is 180 cm³/mol. The van der Waals surface area contributed by atoms with Crippen molar-refractivity contribution >= 4 is 40.5 Å². The summed E-state index contributed by atoms with van der Waals surface area (Å²) in [5, 5.41) is 9.81. The number of aromatic nitrogens is 2. The van der Waals surface area contributed by atoms with Crippen LogP contribution in [-0.2, 0) is 19.7 Å². The molecule has 46 heavy (non-hydrogen) atoms. The van der Waals surface area contributed by atoms with Crippen molar-refractivity contribution in [3.05, 3.63) is 64.4 Å². The second-order valence-corrected chi connectivity index (χ2v) is 14.8. The number of carbonyl (C=O) groups excluding carboxylic acids is 3. The van der Waals surface area contributed by atoms with E-state index in [4.69, 9.17) is 21.3 Å². The van der Waals surface area contributed by atoms with E-state index in [9.17, 15) is 14.4 Å². The molecular formula is C35H47ClN6O4. The zero-order valence-electron chi connectivity index (χ0n) is 27.9. The Hall–Kier alpha value is -3.63. The van der Waals surface area contributed by atoms with Crippen LogP contribution in [0.1, 0.15) is 82.8 Å². The van der Waals surface area contributed by atoms with Crippen LogP contribution in [0.5, 0.6) is 0 Å². The molecule has 1 unspecified atom stereocenters. The Morgan fingerprint density at radius 1 is 1.09 bits per heavy atom. The number of imidazole rings is 1. The van der Waals surface area contributed by atoms with Crippen molar-refractivity contribution in [3.8, 4) is 0 Å². The molecule has 2 heterocycles. The van der Waals surface area contributed by atoms with Gasteiger partial charge in [-0.2, -0.15) is 0 Å². The van der Waals surface area contributed by atoms with Crippen LogP contribution in [-0.4, -0.2) is 72.6 Å². The maximum absolute atomic E-state index is 14.1. The lowest BCUT2D eigenvalue weighted by atomic mass is 9.77. The number of fused-ring (bicyclic) bond motifs is 1. The molecule has 11 heteroatoms. The van der Waals surface area contributed by atoms with Gasteiger partial charge in [0.25, 0.3) is 0 Å². The molecule has 4 N–H and O–H groups in total. The fraction of sp³-hybridized carbons (Fsp3) is 0.543. The highest BCUT2D eigenvalue weighted by Crippen LogP contribution is 2.60. The number of carbonyl (C=O) groups is 3.